The number of hydrogen-bond acceptors (Lipinski definition) is 2. The van der Waals surface area contributed by atoms with Gasteiger partial charge in [-0.1, -0.05) is 48.5 Å². The van der Waals surface area contributed by atoms with E-state index in [1.165, 1.54) is 11.1 Å². The molecule has 104 valence electrons. The summed E-state index contributed by atoms with van der Waals surface area (Å²) in [5, 5.41) is 3.47. The highest BCUT2D eigenvalue weighted by molar-refractivity contribution is 9.10. The maximum atomic E-state index is 4.09. The van der Waals surface area contributed by atoms with Crippen molar-refractivity contribution in [2.24, 2.45) is 0 Å². The van der Waals surface area contributed by atoms with E-state index in [0.29, 0.717) is 0 Å². The van der Waals surface area contributed by atoms with Crippen LogP contribution < -0.4 is 5.32 Å². The van der Waals surface area contributed by atoms with E-state index in [2.05, 4.69) is 68.7 Å². The van der Waals surface area contributed by atoms with Crippen LogP contribution in [0.25, 0.3) is 0 Å². The van der Waals surface area contributed by atoms with Crippen molar-refractivity contribution in [3.63, 3.8) is 0 Å². The van der Waals surface area contributed by atoms with Gasteiger partial charge >= 0.3 is 0 Å². The van der Waals surface area contributed by atoms with Crippen LogP contribution in [0.15, 0.2) is 77.5 Å². The first-order valence-corrected chi connectivity index (χ1v) is 7.60. The molecule has 3 heteroatoms. The van der Waals surface area contributed by atoms with Gasteiger partial charge in [0.15, 0.2) is 0 Å². The van der Waals surface area contributed by atoms with Crippen LogP contribution in [0, 0.1) is 0 Å². The maximum absolute atomic E-state index is 4.09. The summed E-state index contributed by atoms with van der Waals surface area (Å²) in [5.74, 6) is 0. The lowest BCUT2D eigenvalue weighted by atomic mass is 10.0. The second-order valence-electron chi connectivity index (χ2n) is 4.80. The fraction of sp³-hybridized carbons (Fsp3) is 0.0556. The Morgan fingerprint density at radius 1 is 0.857 bits per heavy atom. The molecule has 1 aromatic heterocycles. The molecule has 0 atom stereocenters. The van der Waals surface area contributed by atoms with Crippen molar-refractivity contribution in [2.75, 3.05) is 5.32 Å². The Hall–Kier alpha value is -2.13. The standard InChI is InChI=1S/C18H15BrN2/c19-16-13-20-11-10-18(16)21-17-9-5-4-8-15(17)12-14-6-2-1-3-7-14/h1-11,13H,12H2,(H,20,21). The number of rotatable bonds is 4. The van der Waals surface area contributed by atoms with E-state index in [1.807, 2.05) is 18.2 Å². The molecule has 1 heterocycles. The monoisotopic (exact) mass is 338 g/mol. The molecule has 0 aliphatic heterocycles. The van der Waals surface area contributed by atoms with Crippen LogP contribution in [0.1, 0.15) is 11.1 Å². The van der Waals surface area contributed by atoms with Crippen molar-refractivity contribution in [1.29, 1.82) is 0 Å². The van der Waals surface area contributed by atoms with E-state index in [1.54, 1.807) is 12.4 Å². The molecule has 21 heavy (non-hydrogen) atoms. The molecule has 0 spiro atoms. The lowest BCUT2D eigenvalue weighted by Gasteiger charge is -2.13. The zero-order valence-corrected chi connectivity index (χ0v) is 13.0. The van der Waals surface area contributed by atoms with E-state index >= 15 is 0 Å². The van der Waals surface area contributed by atoms with Gasteiger partial charge < -0.3 is 5.32 Å². The van der Waals surface area contributed by atoms with E-state index in [4.69, 9.17) is 0 Å². The first-order valence-electron chi connectivity index (χ1n) is 6.81. The number of halogens is 1. The molecule has 0 aliphatic rings. The van der Waals surface area contributed by atoms with Gasteiger partial charge in [0.05, 0.1) is 10.2 Å². The molecule has 2 nitrogen and oxygen atoms in total. The Morgan fingerprint density at radius 2 is 1.62 bits per heavy atom. The van der Waals surface area contributed by atoms with Gasteiger partial charge in [-0.05, 0) is 45.6 Å². The van der Waals surface area contributed by atoms with Crippen molar-refractivity contribution >= 4 is 27.3 Å². The summed E-state index contributed by atoms with van der Waals surface area (Å²) in [6.45, 7) is 0. The number of benzene rings is 2. The van der Waals surface area contributed by atoms with Crippen LogP contribution in [-0.4, -0.2) is 4.98 Å². The predicted octanol–water partition coefficient (Wildman–Crippen LogP) is 5.18. The molecule has 0 saturated heterocycles. The molecule has 3 aromatic rings. The van der Waals surface area contributed by atoms with Gasteiger partial charge in [0.1, 0.15) is 0 Å². The van der Waals surface area contributed by atoms with Crippen LogP contribution in [0.4, 0.5) is 11.4 Å². The van der Waals surface area contributed by atoms with Crippen molar-refractivity contribution in [3.8, 4) is 0 Å². The lowest BCUT2D eigenvalue weighted by Crippen LogP contribution is -1.98. The normalized spacial score (nSPS) is 10.3. The van der Waals surface area contributed by atoms with Crippen molar-refractivity contribution < 1.29 is 0 Å². The minimum absolute atomic E-state index is 0.909. The zero-order valence-electron chi connectivity index (χ0n) is 11.5. The smallest absolute Gasteiger partial charge is 0.0593 e. The lowest BCUT2D eigenvalue weighted by molar-refractivity contribution is 1.19. The summed E-state index contributed by atoms with van der Waals surface area (Å²) in [6.07, 6.45) is 4.49. The van der Waals surface area contributed by atoms with Gasteiger partial charge in [0.25, 0.3) is 0 Å². The molecule has 0 amide bonds. The Balaban J connectivity index is 1.88. The van der Waals surface area contributed by atoms with Gasteiger partial charge in [0.2, 0.25) is 0 Å². The molecule has 1 N–H and O–H groups in total. The van der Waals surface area contributed by atoms with E-state index in [0.717, 1.165) is 22.3 Å². The highest BCUT2D eigenvalue weighted by atomic mass is 79.9. The number of hydrogen-bond donors (Lipinski definition) is 1. The Morgan fingerprint density at radius 3 is 2.43 bits per heavy atom. The fourth-order valence-electron chi connectivity index (χ4n) is 2.23. The van der Waals surface area contributed by atoms with Gasteiger partial charge in [0, 0.05) is 18.1 Å². The Labute approximate surface area is 133 Å². The highest BCUT2D eigenvalue weighted by Crippen LogP contribution is 2.27. The molecule has 0 unspecified atom stereocenters. The molecule has 0 radical (unpaired) electrons. The molecular weight excluding hydrogens is 324 g/mol. The maximum Gasteiger partial charge on any atom is 0.0593 e. The minimum atomic E-state index is 0.909. The third kappa shape index (κ3) is 3.50. The molecule has 0 fully saturated rings. The van der Waals surface area contributed by atoms with Crippen molar-refractivity contribution in [2.45, 2.75) is 6.42 Å². The van der Waals surface area contributed by atoms with Crippen LogP contribution in [0.3, 0.4) is 0 Å². The molecular formula is C18H15BrN2. The summed E-state index contributed by atoms with van der Waals surface area (Å²) in [7, 11) is 0. The Kier molecular flexibility index (Phi) is 4.31. The largest absolute Gasteiger partial charge is 0.354 e. The number of nitrogens with one attached hydrogen (secondary N) is 1. The van der Waals surface area contributed by atoms with Gasteiger partial charge in [-0.25, -0.2) is 0 Å². The van der Waals surface area contributed by atoms with E-state index in [-0.39, 0.29) is 0 Å². The van der Waals surface area contributed by atoms with Crippen LogP contribution in [-0.2, 0) is 6.42 Å². The second-order valence-corrected chi connectivity index (χ2v) is 5.65. The van der Waals surface area contributed by atoms with E-state index < -0.39 is 0 Å². The van der Waals surface area contributed by atoms with Crippen LogP contribution in [0.5, 0.6) is 0 Å². The predicted molar refractivity (Wildman–Crippen MR) is 90.9 cm³/mol. The second kappa shape index (κ2) is 6.55. The summed E-state index contributed by atoms with van der Waals surface area (Å²) in [6, 6.07) is 20.8. The Bertz CT molecular complexity index is 726. The molecule has 2 aromatic carbocycles. The quantitative estimate of drug-likeness (QED) is 0.709. The van der Waals surface area contributed by atoms with Gasteiger partial charge in [-0.2, -0.15) is 0 Å². The highest BCUT2D eigenvalue weighted by Gasteiger charge is 2.05. The van der Waals surface area contributed by atoms with Crippen LogP contribution >= 0.6 is 15.9 Å². The third-order valence-electron chi connectivity index (χ3n) is 3.30. The molecule has 0 saturated carbocycles. The van der Waals surface area contributed by atoms with Crippen molar-refractivity contribution in [3.05, 3.63) is 88.7 Å². The summed E-state index contributed by atoms with van der Waals surface area (Å²) in [5.41, 5.74) is 4.71. The molecule has 3 rings (SSSR count). The van der Waals surface area contributed by atoms with E-state index in [9.17, 15) is 0 Å². The third-order valence-corrected chi connectivity index (χ3v) is 3.93. The van der Waals surface area contributed by atoms with Crippen LogP contribution in [0.2, 0.25) is 0 Å². The summed E-state index contributed by atoms with van der Waals surface area (Å²) < 4.78 is 0.958. The number of nitrogens with zero attached hydrogens (tertiary/aromatic N) is 1. The van der Waals surface area contributed by atoms with Gasteiger partial charge in [-0.15, -0.1) is 0 Å². The number of para-hydroxylation sites is 1. The fourth-order valence-corrected chi connectivity index (χ4v) is 2.58. The minimum Gasteiger partial charge on any atom is -0.354 e. The summed E-state index contributed by atoms with van der Waals surface area (Å²) >= 11 is 3.52. The SMILES string of the molecule is Brc1cnccc1Nc1ccccc1Cc1ccccc1. The first-order chi connectivity index (χ1) is 10.3. The summed E-state index contributed by atoms with van der Waals surface area (Å²) in [4.78, 5) is 4.09. The first kappa shape index (κ1) is 13.8. The molecule has 0 bridgehead atoms. The average molecular weight is 339 g/mol. The average Bonchev–Trinajstić information content (AvgIpc) is 2.52. The number of anilines is 2. The van der Waals surface area contributed by atoms with Crippen molar-refractivity contribution in [1.82, 2.24) is 4.98 Å². The number of aromatic nitrogens is 1. The number of pyridine rings is 1. The zero-order chi connectivity index (χ0) is 14.5. The topological polar surface area (TPSA) is 24.9 Å². The van der Waals surface area contributed by atoms with Gasteiger partial charge in [-0.3, -0.25) is 4.98 Å². The molecule has 0 aliphatic carbocycles.